The molecule has 1 aromatic carbocycles. The summed E-state index contributed by atoms with van der Waals surface area (Å²) in [6, 6.07) is 13.5. The highest BCUT2D eigenvalue weighted by atomic mass is 32.2. The second-order valence-electron chi connectivity index (χ2n) is 4.78. The predicted molar refractivity (Wildman–Crippen MR) is 90.8 cm³/mol. The van der Waals surface area contributed by atoms with Gasteiger partial charge in [-0.15, -0.1) is 11.8 Å². The van der Waals surface area contributed by atoms with E-state index in [1.54, 1.807) is 24.2 Å². The summed E-state index contributed by atoms with van der Waals surface area (Å²) in [5.41, 5.74) is 2.80. The molecule has 0 aliphatic heterocycles. The van der Waals surface area contributed by atoms with Gasteiger partial charge in [-0.25, -0.2) is 0 Å². The molecule has 0 saturated carbocycles. The Balaban J connectivity index is 1.59. The largest absolute Gasteiger partial charge is 0.325 e. The lowest BCUT2D eigenvalue weighted by atomic mass is 10.2. The Morgan fingerprint density at radius 1 is 1.09 bits per heavy atom. The minimum Gasteiger partial charge on any atom is -0.325 e. The van der Waals surface area contributed by atoms with Crippen LogP contribution in [0.2, 0.25) is 0 Å². The molecule has 0 aliphatic carbocycles. The maximum absolute atomic E-state index is 12.1. The van der Waals surface area contributed by atoms with Gasteiger partial charge < -0.3 is 5.32 Å². The summed E-state index contributed by atoms with van der Waals surface area (Å²) in [7, 11) is 0. The third-order valence-electron chi connectivity index (χ3n) is 3.14. The Morgan fingerprint density at radius 2 is 2.00 bits per heavy atom. The number of rotatable bonds is 5. The number of anilines is 1. The number of hydrogen-bond acceptors (Lipinski definition) is 4. The number of carbonyl (C=O) groups excluding carboxylic acids is 1. The van der Waals surface area contributed by atoms with Crippen molar-refractivity contribution in [3.05, 3.63) is 66.6 Å². The molecule has 110 valence electrons. The molecule has 4 nitrogen and oxygen atoms in total. The lowest BCUT2D eigenvalue weighted by Crippen LogP contribution is -2.14. The molecule has 22 heavy (non-hydrogen) atoms. The lowest BCUT2D eigenvalue weighted by Gasteiger charge is -2.08. The van der Waals surface area contributed by atoms with Gasteiger partial charge in [0, 0.05) is 29.7 Å². The molecular weight excluding hydrogens is 294 g/mol. The van der Waals surface area contributed by atoms with E-state index in [4.69, 9.17) is 0 Å². The predicted octanol–water partition coefficient (Wildman–Crippen LogP) is 3.50. The highest BCUT2D eigenvalue weighted by Crippen LogP contribution is 2.21. The van der Waals surface area contributed by atoms with Crippen molar-refractivity contribution in [3.63, 3.8) is 0 Å². The molecule has 0 radical (unpaired) electrons. The van der Waals surface area contributed by atoms with Gasteiger partial charge in [-0.3, -0.25) is 14.8 Å². The number of fused-ring (bicyclic) bond motifs is 1. The smallest absolute Gasteiger partial charge is 0.234 e. The number of thioether (sulfide) groups is 1. The molecule has 1 amide bonds. The molecular formula is C17H15N3OS. The van der Waals surface area contributed by atoms with Crippen LogP contribution in [0.1, 0.15) is 5.56 Å². The molecule has 2 heterocycles. The average Bonchev–Trinajstić information content (AvgIpc) is 2.56. The Morgan fingerprint density at radius 3 is 2.86 bits per heavy atom. The minimum atomic E-state index is -0.00903. The fraction of sp³-hybridized carbons (Fsp3) is 0.118. The lowest BCUT2D eigenvalue weighted by molar-refractivity contribution is -0.113. The summed E-state index contributed by atoms with van der Waals surface area (Å²) >= 11 is 1.57. The van der Waals surface area contributed by atoms with Crippen molar-refractivity contribution < 1.29 is 4.79 Å². The first-order chi connectivity index (χ1) is 10.8. The van der Waals surface area contributed by atoms with Gasteiger partial charge in [-0.1, -0.05) is 12.1 Å². The maximum Gasteiger partial charge on any atom is 0.234 e. The van der Waals surface area contributed by atoms with Crippen molar-refractivity contribution in [2.75, 3.05) is 11.1 Å². The minimum absolute atomic E-state index is 0.00903. The van der Waals surface area contributed by atoms with Crippen LogP contribution in [0.5, 0.6) is 0 Å². The number of pyridine rings is 2. The van der Waals surface area contributed by atoms with Crippen molar-refractivity contribution in [1.82, 2.24) is 9.97 Å². The van der Waals surface area contributed by atoms with Crippen LogP contribution in [0.4, 0.5) is 5.69 Å². The number of amides is 1. The zero-order valence-electron chi connectivity index (χ0n) is 11.9. The standard InChI is InChI=1S/C17H15N3OS/c21-17(12-22-11-13-4-2-8-18-10-13)20-16-7-1-6-15-14(16)5-3-9-19-15/h1-10H,11-12H2,(H,20,21). The SMILES string of the molecule is O=C(CSCc1cccnc1)Nc1cccc2ncccc12. The van der Waals surface area contributed by atoms with Crippen molar-refractivity contribution >= 4 is 34.3 Å². The fourth-order valence-electron chi connectivity index (χ4n) is 2.14. The molecule has 3 aromatic rings. The van der Waals surface area contributed by atoms with Crippen molar-refractivity contribution in [3.8, 4) is 0 Å². The van der Waals surface area contributed by atoms with E-state index in [0.717, 1.165) is 27.9 Å². The summed E-state index contributed by atoms with van der Waals surface area (Å²) < 4.78 is 0. The third-order valence-corrected chi connectivity index (χ3v) is 4.15. The molecule has 5 heteroatoms. The van der Waals surface area contributed by atoms with Gasteiger partial charge in [0.1, 0.15) is 0 Å². The summed E-state index contributed by atoms with van der Waals surface area (Å²) in [6.07, 6.45) is 5.31. The van der Waals surface area contributed by atoms with Gasteiger partial charge in [0.05, 0.1) is 17.0 Å². The Bertz CT molecular complexity index is 772. The van der Waals surface area contributed by atoms with Crippen molar-refractivity contribution in [2.45, 2.75) is 5.75 Å². The highest BCUT2D eigenvalue weighted by molar-refractivity contribution is 7.99. The van der Waals surface area contributed by atoms with Gasteiger partial charge >= 0.3 is 0 Å². The second-order valence-corrected chi connectivity index (χ2v) is 5.76. The van der Waals surface area contributed by atoms with Crippen LogP contribution in [0, 0.1) is 0 Å². The molecule has 0 atom stereocenters. The Labute approximate surface area is 133 Å². The summed E-state index contributed by atoms with van der Waals surface area (Å²) in [4.78, 5) is 20.4. The quantitative estimate of drug-likeness (QED) is 0.783. The Kier molecular flexibility index (Phi) is 4.65. The van der Waals surface area contributed by atoms with E-state index >= 15 is 0 Å². The summed E-state index contributed by atoms with van der Waals surface area (Å²) in [5.74, 6) is 1.18. The molecule has 3 rings (SSSR count). The van der Waals surface area contributed by atoms with Gasteiger partial charge in [0.15, 0.2) is 0 Å². The van der Waals surface area contributed by atoms with Crippen LogP contribution >= 0.6 is 11.8 Å². The maximum atomic E-state index is 12.1. The molecule has 0 unspecified atom stereocenters. The molecule has 1 N–H and O–H groups in total. The molecule has 0 aliphatic rings. The third kappa shape index (κ3) is 3.62. The van der Waals surface area contributed by atoms with E-state index in [1.165, 1.54) is 0 Å². The van der Waals surface area contributed by atoms with E-state index in [1.807, 2.05) is 48.7 Å². The fourth-order valence-corrected chi connectivity index (χ4v) is 2.91. The molecule has 0 spiro atoms. The zero-order chi connectivity index (χ0) is 15.2. The topological polar surface area (TPSA) is 54.9 Å². The monoisotopic (exact) mass is 309 g/mol. The first kappa shape index (κ1) is 14.5. The van der Waals surface area contributed by atoms with Gasteiger partial charge in [0.2, 0.25) is 5.91 Å². The first-order valence-corrected chi connectivity index (χ1v) is 8.08. The number of carbonyl (C=O) groups is 1. The van der Waals surface area contributed by atoms with Gasteiger partial charge in [-0.2, -0.15) is 0 Å². The normalized spacial score (nSPS) is 10.5. The number of hydrogen-bond donors (Lipinski definition) is 1. The van der Waals surface area contributed by atoms with E-state index in [-0.39, 0.29) is 5.91 Å². The van der Waals surface area contributed by atoms with Crippen LogP contribution in [-0.4, -0.2) is 21.6 Å². The summed E-state index contributed by atoms with van der Waals surface area (Å²) in [6.45, 7) is 0. The van der Waals surface area contributed by atoms with E-state index in [2.05, 4.69) is 15.3 Å². The van der Waals surface area contributed by atoms with E-state index < -0.39 is 0 Å². The van der Waals surface area contributed by atoms with Gasteiger partial charge in [0.25, 0.3) is 0 Å². The number of aromatic nitrogens is 2. The molecule has 0 fully saturated rings. The number of nitrogens with one attached hydrogen (secondary N) is 1. The Hall–Kier alpha value is -2.40. The van der Waals surface area contributed by atoms with Gasteiger partial charge in [-0.05, 0) is 35.9 Å². The van der Waals surface area contributed by atoms with Crippen LogP contribution in [0.25, 0.3) is 10.9 Å². The molecule has 0 bridgehead atoms. The number of benzene rings is 1. The van der Waals surface area contributed by atoms with E-state index in [9.17, 15) is 4.79 Å². The summed E-state index contributed by atoms with van der Waals surface area (Å²) in [5, 5.41) is 3.91. The van der Waals surface area contributed by atoms with Crippen LogP contribution < -0.4 is 5.32 Å². The highest BCUT2D eigenvalue weighted by Gasteiger charge is 2.06. The van der Waals surface area contributed by atoms with Crippen LogP contribution in [0.15, 0.2) is 61.1 Å². The van der Waals surface area contributed by atoms with E-state index in [0.29, 0.717) is 5.75 Å². The van der Waals surface area contributed by atoms with Crippen molar-refractivity contribution in [2.24, 2.45) is 0 Å². The average molecular weight is 309 g/mol. The molecule has 2 aromatic heterocycles. The van der Waals surface area contributed by atoms with Crippen molar-refractivity contribution in [1.29, 1.82) is 0 Å². The molecule has 0 saturated heterocycles. The number of nitrogens with zero attached hydrogens (tertiary/aromatic N) is 2. The first-order valence-electron chi connectivity index (χ1n) is 6.93. The second kappa shape index (κ2) is 7.04. The van der Waals surface area contributed by atoms with Crippen LogP contribution in [0.3, 0.4) is 0 Å². The van der Waals surface area contributed by atoms with Crippen LogP contribution in [-0.2, 0) is 10.5 Å². The zero-order valence-corrected chi connectivity index (χ0v) is 12.7.